The van der Waals surface area contributed by atoms with Gasteiger partial charge in [0.05, 0.1) is 25.1 Å². The average Bonchev–Trinajstić information content (AvgIpc) is 3.29. The van der Waals surface area contributed by atoms with E-state index in [0.29, 0.717) is 17.5 Å². The van der Waals surface area contributed by atoms with Crippen molar-refractivity contribution in [3.63, 3.8) is 0 Å². The van der Waals surface area contributed by atoms with Gasteiger partial charge in [0.1, 0.15) is 5.76 Å². The number of hydrogen-bond acceptors (Lipinski definition) is 6. The normalized spacial score (nSPS) is 10.6. The van der Waals surface area contributed by atoms with Crippen molar-refractivity contribution in [1.82, 2.24) is 20.1 Å². The molecule has 2 aromatic heterocycles. The number of primary amides is 1. The van der Waals surface area contributed by atoms with Gasteiger partial charge in [-0.1, -0.05) is 42.1 Å². The van der Waals surface area contributed by atoms with Gasteiger partial charge in [0.25, 0.3) is 0 Å². The van der Waals surface area contributed by atoms with Gasteiger partial charge in [-0.25, -0.2) is 0 Å². The molecule has 3 aromatic rings. The van der Waals surface area contributed by atoms with E-state index in [0.717, 1.165) is 11.3 Å². The van der Waals surface area contributed by atoms with Crippen molar-refractivity contribution < 1.29 is 14.0 Å². The van der Waals surface area contributed by atoms with E-state index in [9.17, 15) is 9.59 Å². The molecule has 2 amide bonds. The molecular weight excluding hydrogens is 354 g/mol. The number of hydrogen-bond donors (Lipinski definition) is 2. The molecule has 0 aliphatic carbocycles. The molecule has 0 aliphatic rings. The zero-order valence-corrected chi connectivity index (χ0v) is 14.6. The van der Waals surface area contributed by atoms with Gasteiger partial charge in [0.15, 0.2) is 11.0 Å². The van der Waals surface area contributed by atoms with E-state index < -0.39 is 5.91 Å². The summed E-state index contributed by atoms with van der Waals surface area (Å²) in [6.45, 7) is 0.253. The Labute approximate surface area is 153 Å². The number of thioether (sulfide) groups is 1. The highest BCUT2D eigenvalue weighted by molar-refractivity contribution is 7.99. The van der Waals surface area contributed by atoms with Crippen LogP contribution in [0, 0.1) is 0 Å². The highest BCUT2D eigenvalue weighted by atomic mass is 32.2. The van der Waals surface area contributed by atoms with Crippen molar-refractivity contribution in [2.75, 3.05) is 12.3 Å². The van der Waals surface area contributed by atoms with Gasteiger partial charge in [-0.05, 0) is 12.1 Å². The third kappa shape index (κ3) is 4.51. The lowest BCUT2D eigenvalue weighted by atomic mass is 10.2. The number of rotatable bonds is 8. The quantitative estimate of drug-likeness (QED) is 0.576. The number of benzene rings is 1. The fourth-order valence-electron chi connectivity index (χ4n) is 2.26. The molecule has 134 valence electrons. The predicted octanol–water partition coefficient (Wildman–Crippen LogP) is 1.28. The minimum Gasteiger partial charge on any atom is -0.467 e. The Kier molecular flexibility index (Phi) is 5.69. The van der Waals surface area contributed by atoms with E-state index >= 15 is 0 Å². The second kappa shape index (κ2) is 8.34. The molecule has 0 spiro atoms. The summed E-state index contributed by atoms with van der Waals surface area (Å²) < 4.78 is 7.32. The minimum absolute atomic E-state index is 0.0956. The van der Waals surface area contributed by atoms with Gasteiger partial charge in [-0.2, -0.15) is 0 Å². The maximum atomic E-state index is 11.8. The van der Waals surface area contributed by atoms with Gasteiger partial charge in [-0.3, -0.25) is 14.2 Å². The van der Waals surface area contributed by atoms with Crippen molar-refractivity contribution in [2.45, 2.75) is 11.7 Å². The van der Waals surface area contributed by atoms with Crippen LogP contribution in [0.2, 0.25) is 0 Å². The molecule has 0 unspecified atom stereocenters. The molecule has 1 aromatic carbocycles. The Bertz CT molecular complexity index is 877. The number of amides is 2. The van der Waals surface area contributed by atoms with Crippen LogP contribution in [0.15, 0.2) is 58.3 Å². The van der Waals surface area contributed by atoms with E-state index in [1.165, 1.54) is 11.8 Å². The molecule has 8 nitrogen and oxygen atoms in total. The van der Waals surface area contributed by atoms with E-state index in [1.54, 1.807) is 6.26 Å². The number of aromatic nitrogens is 3. The van der Waals surface area contributed by atoms with Gasteiger partial charge >= 0.3 is 0 Å². The smallest absolute Gasteiger partial charge is 0.236 e. The van der Waals surface area contributed by atoms with Crippen LogP contribution in [0.5, 0.6) is 0 Å². The first kappa shape index (κ1) is 17.7. The van der Waals surface area contributed by atoms with Crippen LogP contribution in [0.4, 0.5) is 0 Å². The van der Waals surface area contributed by atoms with Crippen LogP contribution >= 0.6 is 11.8 Å². The predicted molar refractivity (Wildman–Crippen MR) is 96.2 cm³/mol. The number of nitrogens with zero attached hydrogens (tertiary/aromatic N) is 3. The summed E-state index contributed by atoms with van der Waals surface area (Å²) in [5.41, 5.74) is 5.93. The third-order valence-corrected chi connectivity index (χ3v) is 4.40. The molecule has 0 aliphatic heterocycles. The number of carbonyl (C=O) groups is 2. The molecule has 0 bridgehead atoms. The monoisotopic (exact) mass is 371 g/mol. The van der Waals surface area contributed by atoms with E-state index in [4.69, 9.17) is 10.2 Å². The molecule has 0 saturated carbocycles. The summed E-state index contributed by atoms with van der Waals surface area (Å²) in [6.07, 6.45) is 1.60. The summed E-state index contributed by atoms with van der Waals surface area (Å²) in [4.78, 5) is 22.5. The Balaban J connectivity index is 1.79. The Hall–Kier alpha value is -3.07. The van der Waals surface area contributed by atoms with Crippen molar-refractivity contribution in [2.24, 2.45) is 5.73 Å². The van der Waals surface area contributed by atoms with Crippen molar-refractivity contribution in [3.05, 3.63) is 54.5 Å². The second-order valence-electron chi connectivity index (χ2n) is 5.37. The molecule has 3 N–H and O–H groups in total. The molecular formula is C17H17N5O3S. The number of nitrogens with one attached hydrogen (secondary N) is 1. The van der Waals surface area contributed by atoms with Gasteiger partial charge in [0, 0.05) is 5.56 Å². The topological polar surface area (TPSA) is 116 Å². The maximum Gasteiger partial charge on any atom is 0.236 e. The van der Waals surface area contributed by atoms with Crippen LogP contribution in [0.1, 0.15) is 5.76 Å². The SMILES string of the molecule is NC(=O)CNC(=O)CSc1nnc(-c2ccccc2)n1Cc1ccco1. The minimum atomic E-state index is -0.587. The van der Waals surface area contributed by atoms with Crippen molar-refractivity contribution >= 4 is 23.6 Å². The van der Waals surface area contributed by atoms with Crippen molar-refractivity contribution in [3.8, 4) is 11.4 Å². The van der Waals surface area contributed by atoms with Crippen LogP contribution in [-0.4, -0.2) is 38.9 Å². The summed E-state index contributed by atoms with van der Waals surface area (Å²) in [5.74, 6) is 0.639. The fourth-order valence-corrected chi connectivity index (χ4v) is 3.03. The Morgan fingerprint density at radius 3 is 2.65 bits per heavy atom. The number of furan rings is 1. The number of nitrogens with two attached hydrogens (primary N) is 1. The van der Waals surface area contributed by atoms with Crippen molar-refractivity contribution in [1.29, 1.82) is 0 Å². The summed E-state index contributed by atoms with van der Waals surface area (Å²) >= 11 is 1.23. The number of carbonyl (C=O) groups excluding carboxylic acids is 2. The first-order valence-electron chi connectivity index (χ1n) is 7.82. The molecule has 0 fully saturated rings. The standard InChI is InChI=1S/C17H17N5O3S/c18-14(23)9-19-15(24)11-26-17-21-20-16(12-5-2-1-3-6-12)22(17)10-13-7-4-8-25-13/h1-8H,9-11H2,(H2,18,23)(H,19,24). The summed E-state index contributed by atoms with van der Waals surface area (Å²) in [7, 11) is 0. The molecule has 0 atom stereocenters. The lowest BCUT2D eigenvalue weighted by Crippen LogP contribution is -2.34. The highest BCUT2D eigenvalue weighted by Crippen LogP contribution is 2.25. The van der Waals surface area contributed by atoms with Crippen LogP contribution in [0.3, 0.4) is 0 Å². The van der Waals surface area contributed by atoms with E-state index in [2.05, 4.69) is 15.5 Å². The lowest BCUT2D eigenvalue weighted by molar-refractivity contribution is -0.123. The van der Waals surface area contributed by atoms with Crippen LogP contribution in [0.25, 0.3) is 11.4 Å². The molecule has 0 radical (unpaired) electrons. The first-order chi connectivity index (χ1) is 12.6. The van der Waals surface area contributed by atoms with Gasteiger partial charge in [-0.15, -0.1) is 10.2 Å². The van der Waals surface area contributed by atoms with Crippen LogP contribution < -0.4 is 11.1 Å². The Morgan fingerprint density at radius 1 is 1.15 bits per heavy atom. The Morgan fingerprint density at radius 2 is 1.96 bits per heavy atom. The fraction of sp³-hybridized carbons (Fsp3) is 0.176. The van der Waals surface area contributed by atoms with E-state index in [-0.39, 0.29) is 18.2 Å². The second-order valence-corrected chi connectivity index (χ2v) is 6.31. The third-order valence-electron chi connectivity index (χ3n) is 3.44. The van der Waals surface area contributed by atoms with Gasteiger partial charge in [0.2, 0.25) is 11.8 Å². The van der Waals surface area contributed by atoms with E-state index in [1.807, 2.05) is 47.0 Å². The summed E-state index contributed by atoms with van der Waals surface area (Å²) in [5, 5.41) is 11.5. The van der Waals surface area contributed by atoms with Crippen LogP contribution in [-0.2, 0) is 16.1 Å². The zero-order valence-electron chi connectivity index (χ0n) is 13.8. The average molecular weight is 371 g/mol. The first-order valence-corrected chi connectivity index (χ1v) is 8.81. The largest absolute Gasteiger partial charge is 0.467 e. The molecule has 2 heterocycles. The zero-order chi connectivity index (χ0) is 18.4. The molecule has 3 rings (SSSR count). The lowest BCUT2D eigenvalue weighted by Gasteiger charge is -2.09. The maximum absolute atomic E-state index is 11.8. The van der Waals surface area contributed by atoms with Gasteiger partial charge < -0.3 is 15.5 Å². The molecule has 9 heteroatoms. The summed E-state index contributed by atoms with van der Waals surface area (Å²) in [6, 6.07) is 13.3. The molecule has 0 saturated heterocycles. The molecule has 26 heavy (non-hydrogen) atoms. The highest BCUT2D eigenvalue weighted by Gasteiger charge is 2.17.